The predicted octanol–water partition coefficient (Wildman–Crippen LogP) is 7.14. The van der Waals surface area contributed by atoms with Crippen molar-refractivity contribution in [2.75, 3.05) is 13.7 Å². The number of aryl methyl sites for hydroxylation is 1. The van der Waals surface area contributed by atoms with Crippen LogP contribution < -0.4 is 10.1 Å². The van der Waals surface area contributed by atoms with Crippen molar-refractivity contribution in [1.82, 2.24) is 5.32 Å². The van der Waals surface area contributed by atoms with Gasteiger partial charge in [-0.05, 0) is 54.2 Å². The van der Waals surface area contributed by atoms with Gasteiger partial charge in [-0.25, -0.2) is 0 Å². The van der Waals surface area contributed by atoms with E-state index in [2.05, 4.69) is 61.6 Å². The predicted molar refractivity (Wildman–Crippen MR) is 137 cm³/mol. The number of nitrogens with one attached hydrogen (secondary N) is 1. The zero-order valence-corrected chi connectivity index (χ0v) is 20.0. The summed E-state index contributed by atoms with van der Waals surface area (Å²) >= 11 is 0. The van der Waals surface area contributed by atoms with E-state index in [0.717, 1.165) is 51.0 Å². The molecule has 170 valence electrons. The first kappa shape index (κ1) is 22.7. The van der Waals surface area contributed by atoms with Gasteiger partial charge >= 0.3 is 0 Å². The molecule has 0 aliphatic heterocycles. The molecule has 4 rings (SSSR count). The number of carbonyl (C=O) groups is 1. The van der Waals surface area contributed by atoms with Gasteiger partial charge in [0.2, 0.25) is 5.91 Å². The lowest BCUT2D eigenvalue weighted by Crippen LogP contribution is -2.23. The summed E-state index contributed by atoms with van der Waals surface area (Å²) in [6, 6.07) is 16.7. The van der Waals surface area contributed by atoms with Gasteiger partial charge in [0, 0.05) is 34.7 Å². The lowest BCUT2D eigenvalue weighted by molar-refractivity contribution is -0.116. The van der Waals surface area contributed by atoms with Gasteiger partial charge < -0.3 is 14.5 Å². The highest BCUT2D eigenvalue weighted by Crippen LogP contribution is 2.42. The molecule has 1 N–H and O–H groups in total. The maximum absolute atomic E-state index is 12.5. The first-order chi connectivity index (χ1) is 15.9. The summed E-state index contributed by atoms with van der Waals surface area (Å²) in [5, 5.41) is 6.35. The summed E-state index contributed by atoms with van der Waals surface area (Å²) in [7, 11) is 1.65. The molecule has 0 fully saturated rings. The molecule has 0 radical (unpaired) electrons. The summed E-state index contributed by atoms with van der Waals surface area (Å²) in [6.45, 7) is 8.91. The van der Waals surface area contributed by atoms with Crippen LogP contribution in [0.25, 0.3) is 38.4 Å². The number of amides is 1. The first-order valence-corrected chi connectivity index (χ1v) is 11.4. The molecule has 33 heavy (non-hydrogen) atoms. The Morgan fingerprint density at radius 1 is 1.09 bits per heavy atom. The van der Waals surface area contributed by atoms with Crippen molar-refractivity contribution < 1.29 is 13.9 Å². The minimum absolute atomic E-state index is 0.0885. The van der Waals surface area contributed by atoms with E-state index in [4.69, 9.17) is 9.15 Å². The van der Waals surface area contributed by atoms with Crippen LogP contribution in [0.2, 0.25) is 0 Å². The molecule has 3 aromatic carbocycles. The molecule has 0 aliphatic carbocycles. The molecule has 1 amide bonds. The fraction of sp³-hybridized carbons (Fsp3) is 0.276. The second kappa shape index (κ2) is 9.53. The third-order valence-corrected chi connectivity index (χ3v) is 6.12. The maximum atomic E-state index is 12.5. The monoisotopic (exact) mass is 441 g/mol. The number of rotatable bonds is 7. The highest BCUT2D eigenvalue weighted by Gasteiger charge is 2.19. The van der Waals surface area contributed by atoms with Gasteiger partial charge in [-0.2, -0.15) is 0 Å². The van der Waals surface area contributed by atoms with Crippen LogP contribution in [-0.4, -0.2) is 19.6 Å². The molecule has 0 saturated carbocycles. The van der Waals surface area contributed by atoms with Crippen molar-refractivity contribution in [2.45, 2.75) is 34.1 Å². The molecule has 0 bridgehead atoms. The van der Waals surface area contributed by atoms with Gasteiger partial charge in [-0.15, -0.1) is 0 Å². The third kappa shape index (κ3) is 4.51. The maximum Gasteiger partial charge on any atom is 0.244 e. The normalized spacial score (nSPS) is 12.0. The number of fused-ring (bicyclic) bond motifs is 2. The smallest absolute Gasteiger partial charge is 0.244 e. The summed E-state index contributed by atoms with van der Waals surface area (Å²) in [4.78, 5) is 12.5. The first-order valence-electron chi connectivity index (χ1n) is 11.4. The summed E-state index contributed by atoms with van der Waals surface area (Å²) in [5.41, 5.74) is 5.61. The molecule has 0 atom stereocenters. The summed E-state index contributed by atoms with van der Waals surface area (Å²) in [6.07, 6.45) is 4.43. The number of hydrogen-bond donors (Lipinski definition) is 1. The highest BCUT2D eigenvalue weighted by molar-refractivity contribution is 6.07. The van der Waals surface area contributed by atoms with E-state index in [0.29, 0.717) is 12.5 Å². The van der Waals surface area contributed by atoms with E-state index in [9.17, 15) is 4.79 Å². The number of methoxy groups -OCH3 is 1. The van der Waals surface area contributed by atoms with Crippen molar-refractivity contribution in [3.8, 4) is 16.9 Å². The zero-order chi connectivity index (χ0) is 23.5. The topological polar surface area (TPSA) is 51.5 Å². The number of carbonyl (C=O) groups excluding carboxylic acids is 1. The van der Waals surface area contributed by atoms with Gasteiger partial charge in [0.25, 0.3) is 0 Å². The Labute approximate surface area is 195 Å². The van der Waals surface area contributed by atoms with Gasteiger partial charge in [0.1, 0.15) is 11.3 Å². The van der Waals surface area contributed by atoms with Gasteiger partial charge in [0.15, 0.2) is 0 Å². The van der Waals surface area contributed by atoms with Crippen LogP contribution in [0, 0.1) is 12.8 Å². The van der Waals surface area contributed by atoms with Crippen LogP contribution in [0.1, 0.15) is 38.3 Å². The van der Waals surface area contributed by atoms with E-state index in [1.54, 1.807) is 13.2 Å². The summed E-state index contributed by atoms with van der Waals surface area (Å²) in [5.74, 6) is 1.19. The van der Waals surface area contributed by atoms with E-state index in [1.165, 1.54) is 10.8 Å². The fourth-order valence-electron chi connectivity index (χ4n) is 4.35. The summed E-state index contributed by atoms with van der Waals surface area (Å²) < 4.78 is 11.8. The van der Waals surface area contributed by atoms with E-state index in [-0.39, 0.29) is 5.91 Å². The van der Waals surface area contributed by atoms with Crippen molar-refractivity contribution in [2.24, 2.45) is 5.92 Å². The number of benzene rings is 3. The minimum Gasteiger partial charge on any atom is -0.496 e. The van der Waals surface area contributed by atoms with Crippen LogP contribution >= 0.6 is 0 Å². The quantitative estimate of drug-likeness (QED) is 0.310. The van der Waals surface area contributed by atoms with Gasteiger partial charge in [0.05, 0.1) is 13.4 Å². The fourth-order valence-corrected chi connectivity index (χ4v) is 4.35. The van der Waals surface area contributed by atoms with Crippen LogP contribution in [0.3, 0.4) is 0 Å². The minimum atomic E-state index is -0.0885. The highest BCUT2D eigenvalue weighted by atomic mass is 16.5. The van der Waals surface area contributed by atoms with E-state index in [1.807, 2.05) is 26.2 Å². The second-order valence-corrected chi connectivity index (χ2v) is 8.94. The van der Waals surface area contributed by atoms with Gasteiger partial charge in [-0.1, -0.05) is 56.3 Å². The van der Waals surface area contributed by atoms with Crippen LogP contribution in [0.5, 0.6) is 5.75 Å². The Balaban J connectivity index is 1.81. The number of hydrogen-bond acceptors (Lipinski definition) is 3. The Morgan fingerprint density at radius 3 is 2.61 bits per heavy atom. The molecule has 4 aromatic rings. The lowest BCUT2D eigenvalue weighted by atomic mass is 9.94. The largest absolute Gasteiger partial charge is 0.496 e. The molecule has 0 saturated heterocycles. The number of furan rings is 1. The second-order valence-electron chi connectivity index (χ2n) is 8.94. The van der Waals surface area contributed by atoms with E-state index >= 15 is 0 Å². The molecule has 0 aliphatic rings. The van der Waals surface area contributed by atoms with Crippen LogP contribution in [0.4, 0.5) is 0 Å². The van der Waals surface area contributed by atoms with E-state index < -0.39 is 0 Å². The molecule has 0 unspecified atom stereocenters. The van der Waals surface area contributed by atoms with Crippen molar-refractivity contribution in [3.63, 3.8) is 0 Å². The van der Waals surface area contributed by atoms with Crippen molar-refractivity contribution in [3.05, 3.63) is 72.0 Å². The Bertz CT molecular complexity index is 1340. The Kier molecular flexibility index (Phi) is 6.55. The number of ether oxygens (including phenoxy) is 1. The Morgan fingerprint density at radius 2 is 1.85 bits per heavy atom. The van der Waals surface area contributed by atoms with Crippen LogP contribution in [0.15, 0.2) is 65.3 Å². The third-order valence-electron chi connectivity index (χ3n) is 6.12. The average Bonchev–Trinajstić information content (AvgIpc) is 3.22. The SMILES string of the molecule is COc1c(/C(C)=C/C(=O)NCCC(C)C)cc2c(-c3cccc4ccccc34)coc2c1C. The average molecular weight is 442 g/mol. The lowest BCUT2D eigenvalue weighted by Gasteiger charge is -2.14. The molecule has 4 heteroatoms. The van der Waals surface area contributed by atoms with Crippen molar-refractivity contribution >= 4 is 33.2 Å². The molecule has 1 heterocycles. The molecule has 1 aromatic heterocycles. The van der Waals surface area contributed by atoms with Crippen molar-refractivity contribution in [1.29, 1.82) is 0 Å². The zero-order valence-electron chi connectivity index (χ0n) is 20.0. The van der Waals surface area contributed by atoms with Crippen LogP contribution in [-0.2, 0) is 4.79 Å². The molecule has 4 nitrogen and oxygen atoms in total. The molecule has 0 spiro atoms. The van der Waals surface area contributed by atoms with Gasteiger partial charge in [-0.3, -0.25) is 4.79 Å². The number of allylic oxidation sites excluding steroid dienone is 1. The molecular formula is C29H31NO3. The standard InChI is InChI=1S/C29H31NO3/c1-18(2)13-14-30-27(31)15-19(3)24-16-25-26(17-33-29(25)20(4)28(24)32-5)23-12-8-10-21-9-6-7-11-22(21)23/h6-12,15-18H,13-14H2,1-5H3,(H,30,31)/b19-15+. The Hall–Kier alpha value is -3.53. The molecular weight excluding hydrogens is 410 g/mol.